The lowest BCUT2D eigenvalue weighted by Gasteiger charge is -1.79. The fourth-order valence-corrected chi connectivity index (χ4v) is 0.976. The van der Waals surface area contributed by atoms with E-state index in [4.69, 9.17) is 5.26 Å². The summed E-state index contributed by atoms with van der Waals surface area (Å²) >= 11 is 0. The molecule has 0 amide bonds. The largest absolute Gasteiger partial charge is 0.184 e. The smallest absolute Gasteiger partial charge is 0.144 e. The second kappa shape index (κ2) is 5.93. The van der Waals surface area contributed by atoms with Gasteiger partial charge in [0.15, 0.2) is 0 Å². The maximum atomic E-state index is 7.95. The van der Waals surface area contributed by atoms with E-state index in [0.29, 0.717) is 0 Å². The molecule has 0 N–H and O–H groups in total. The Kier molecular flexibility index (Phi) is 5.87. The van der Waals surface area contributed by atoms with E-state index in [2.05, 4.69) is 6.58 Å². The van der Waals surface area contributed by atoms with Gasteiger partial charge in [-0.05, 0) is 0 Å². The topological polar surface area (TPSA) is 23.8 Å². The molecule has 0 saturated heterocycles. The van der Waals surface area contributed by atoms with Crippen LogP contribution in [0.15, 0.2) is 12.7 Å². The monoisotopic (exact) mass is 131 g/mol. The number of rotatable bonds is 3. The van der Waals surface area contributed by atoms with Gasteiger partial charge in [-0.2, -0.15) is 5.26 Å². The highest BCUT2D eigenvalue weighted by atomic mass is 33.1. The van der Waals surface area contributed by atoms with E-state index in [9.17, 15) is 0 Å². The van der Waals surface area contributed by atoms with Crippen molar-refractivity contribution in [3.63, 3.8) is 0 Å². The zero-order valence-electron chi connectivity index (χ0n) is 3.76. The summed E-state index contributed by atoms with van der Waals surface area (Å²) < 4.78 is 0. The summed E-state index contributed by atoms with van der Waals surface area (Å²) in [6, 6.07) is 0. The van der Waals surface area contributed by atoms with Crippen LogP contribution in [0.3, 0.4) is 0 Å². The Morgan fingerprint density at radius 1 is 1.86 bits per heavy atom. The van der Waals surface area contributed by atoms with Gasteiger partial charge in [0.1, 0.15) is 5.40 Å². The minimum Gasteiger partial charge on any atom is -0.184 e. The molecular weight excluding hydrogens is 126 g/mol. The predicted octanol–water partition coefficient (Wildman–Crippen LogP) is 2.03. The lowest BCUT2D eigenvalue weighted by atomic mass is 10.8. The third-order valence-corrected chi connectivity index (χ3v) is 1.83. The zero-order valence-corrected chi connectivity index (χ0v) is 5.39. The summed E-state index contributed by atoms with van der Waals surface area (Å²) in [6.07, 6.45) is 1.77. The maximum absolute atomic E-state index is 7.95. The van der Waals surface area contributed by atoms with Crippen molar-refractivity contribution in [1.82, 2.24) is 0 Å². The quantitative estimate of drug-likeness (QED) is 0.253. The van der Waals surface area contributed by atoms with E-state index >= 15 is 0 Å². The third-order valence-electron chi connectivity index (χ3n) is 0.282. The van der Waals surface area contributed by atoms with Gasteiger partial charge in [-0.3, -0.25) is 0 Å². The highest BCUT2D eigenvalue weighted by molar-refractivity contribution is 8.78. The molecule has 3 heteroatoms. The molecule has 0 bridgehead atoms. The van der Waals surface area contributed by atoms with Gasteiger partial charge in [0.05, 0.1) is 0 Å². The van der Waals surface area contributed by atoms with Crippen LogP contribution < -0.4 is 0 Å². The molecule has 0 aromatic carbocycles. The van der Waals surface area contributed by atoms with Crippen LogP contribution >= 0.6 is 21.6 Å². The van der Waals surface area contributed by atoms with Gasteiger partial charge in [-0.15, -0.1) is 6.58 Å². The van der Waals surface area contributed by atoms with E-state index in [1.54, 1.807) is 6.08 Å². The number of nitriles is 1. The molecule has 0 aromatic heterocycles. The van der Waals surface area contributed by atoms with Crippen molar-refractivity contribution in [3.05, 3.63) is 12.7 Å². The van der Waals surface area contributed by atoms with Gasteiger partial charge in [0.25, 0.3) is 0 Å². The van der Waals surface area contributed by atoms with E-state index in [-0.39, 0.29) is 0 Å². The lowest BCUT2D eigenvalue weighted by molar-refractivity contribution is 1.57. The molecule has 0 aliphatic heterocycles. The van der Waals surface area contributed by atoms with Crippen molar-refractivity contribution in [2.45, 2.75) is 0 Å². The second-order valence-electron chi connectivity index (χ2n) is 0.748. The summed E-state index contributed by atoms with van der Waals surface area (Å²) in [7, 11) is 2.67. The SMILES string of the molecule is C=CCSSC#N. The first kappa shape index (κ1) is 6.93. The Balaban J connectivity index is 2.72. The number of hydrogen-bond acceptors (Lipinski definition) is 3. The predicted molar refractivity (Wildman–Crippen MR) is 35.9 cm³/mol. The molecule has 0 aromatic rings. The molecule has 0 unspecified atom stereocenters. The highest BCUT2D eigenvalue weighted by Crippen LogP contribution is 2.17. The van der Waals surface area contributed by atoms with Gasteiger partial charge >= 0.3 is 0 Å². The molecule has 0 fully saturated rings. The molecule has 0 radical (unpaired) electrons. The third kappa shape index (κ3) is 5.93. The van der Waals surface area contributed by atoms with Crippen LogP contribution in [0.25, 0.3) is 0 Å². The molecule has 0 spiro atoms. The highest BCUT2D eigenvalue weighted by Gasteiger charge is 1.77. The molecule has 38 valence electrons. The van der Waals surface area contributed by atoms with Crippen molar-refractivity contribution in [3.8, 4) is 5.40 Å². The number of thiocyanates is 1. The van der Waals surface area contributed by atoms with Crippen LogP contribution in [0.4, 0.5) is 0 Å². The summed E-state index contributed by atoms with van der Waals surface area (Å²) in [5.41, 5.74) is 0. The summed E-state index contributed by atoms with van der Waals surface area (Å²) in [5.74, 6) is 0.845. The van der Waals surface area contributed by atoms with Crippen LogP contribution in [0.5, 0.6) is 0 Å². The van der Waals surface area contributed by atoms with Gasteiger partial charge in [0.2, 0.25) is 0 Å². The normalized spacial score (nSPS) is 7.29. The molecule has 0 aliphatic rings. The van der Waals surface area contributed by atoms with Gasteiger partial charge in [-0.1, -0.05) is 16.9 Å². The van der Waals surface area contributed by atoms with E-state index in [0.717, 1.165) is 5.75 Å². The first-order valence-corrected chi connectivity index (χ1v) is 4.02. The second-order valence-corrected chi connectivity index (χ2v) is 2.87. The summed E-state index contributed by atoms with van der Waals surface area (Å²) in [5, 5.41) is 9.89. The Bertz CT molecular complexity index is 84.2. The molecule has 0 saturated carbocycles. The van der Waals surface area contributed by atoms with Crippen molar-refractivity contribution >= 4 is 21.6 Å². The first-order valence-electron chi connectivity index (χ1n) is 1.70. The van der Waals surface area contributed by atoms with Crippen LogP contribution in [-0.2, 0) is 0 Å². The summed E-state index contributed by atoms with van der Waals surface area (Å²) in [4.78, 5) is 0. The molecule has 7 heavy (non-hydrogen) atoms. The van der Waals surface area contributed by atoms with E-state index in [1.165, 1.54) is 21.6 Å². The van der Waals surface area contributed by atoms with Crippen molar-refractivity contribution in [2.24, 2.45) is 0 Å². The minimum atomic E-state index is 0.845. The van der Waals surface area contributed by atoms with Crippen LogP contribution in [0.2, 0.25) is 0 Å². The van der Waals surface area contributed by atoms with Crippen LogP contribution in [0.1, 0.15) is 0 Å². The van der Waals surface area contributed by atoms with E-state index in [1.807, 2.05) is 5.40 Å². The Hall–Kier alpha value is -0.0700. The average Bonchev–Trinajstić information content (AvgIpc) is 1.69. The van der Waals surface area contributed by atoms with Crippen LogP contribution in [0, 0.1) is 10.7 Å². The molecule has 0 heterocycles. The van der Waals surface area contributed by atoms with Gasteiger partial charge < -0.3 is 0 Å². The molecular formula is C4H5NS2. The van der Waals surface area contributed by atoms with Gasteiger partial charge in [-0.25, -0.2) is 0 Å². The van der Waals surface area contributed by atoms with E-state index < -0.39 is 0 Å². The van der Waals surface area contributed by atoms with Crippen molar-refractivity contribution in [1.29, 1.82) is 5.26 Å². The fraction of sp³-hybridized carbons (Fsp3) is 0.250. The summed E-state index contributed by atoms with van der Waals surface area (Å²) in [6.45, 7) is 3.49. The number of nitrogens with zero attached hydrogens (tertiary/aromatic N) is 1. The molecule has 0 atom stereocenters. The number of hydrogen-bond donors (Lipinski definition) is 0. The van der Waals surface area contributed by atoms with Crippen LogP contribution in [-0.4, -0.2) is 5.75 Å². The van der Waals surface area contributed by atoms with Gasteiger partial charge in [0, 0.05) is 16.5 Å². The Morgan fingerprint density at radius 2 is 2.57 bits per heavy atom. The zero-order chi connectivity index (χ0) is 5.54. The molecule has 0 aliphatic carbocycles. The molecule has 0 rings (SSSR count). The standard InChI is InChI=1S/C4H5NS2/c1-2-3-6-7-4-5/h2H,1,3H2. The Labute approximate surface area is 51.2 Å². The average molecular weight is 131 g/mol. The van der Waals surface area contributed by atoms with Crippen molar-refractivity contribution in [2.75, 3.05) is 5.75 Å². The minimum absolute atomic E-state index is 0.845. The maximum Gasteiger partial charge on any atom is 0.144 e. The van der Waals surface area contributed by atoms with Crippen molar-refractivity contribution < 1.29 is 0 Å². The lowest BCUT2D eigenvalue weighted by Crippen LogP contribution is -1.56. The first-order chi connectivity index (χ1) is 3.41. The fourth-order valence-electron chi connectivity index (χ4n) is 0.108. The Morgan fingerprint density at radius 3 is 3.00 bits per heavy atom. The molecule has 1 nitrogen and oxygen atoms in total.